The molecule has 0 saturated heterocycles. The van der Waals surface area contributed by atoms with Gasteiger partial charge in [0.2, 0.25) is 0 Å². The Labute approximate surface area is 120 Å². The predicted octanol–water partition coefficient (Wildman–Crippen LogP) is 3.62. The van der Waals surface area contributed by atoms with E-state index in [9.17, 15) is 5.11 Å². The zero-order chi connectivity index (χ0) is 13.0. The number of methoxy groups -OCH3 is 1. The lowest BCUT2D eigenvalue weighted by Gasteiger charge is -2.09. The molecule has 0 aromatic heterocycles. The van der Waals surface area contributed by atoms with Gasteiger partial charge in [0, 0.05) is 27.4 Å². The van der Waals surface area contributed by atoms with Crippen LogP contribution < -0.4 is 10.1 Å². The molecule has 0 aliphatic carbocycles. The van der Waals surface area contributed by atoms with E-state index in [1.54, 1.807) is 13.2 Å². The van der Waals surface area contributed by atoms with Crippen molar-refractivity contribution in [1.82, 2.24) is 0 Å². The molecule has 0 aliphatic rings. The number of hydrogen-bond acceptors (Lipinski definition) is 3. The Morgan fingerprint density at radius 3 is 2.50 bits per heavy atom. The molecule has 18 heavy (non-hydrogen) atoms. The van der Waals surface area contributed by atoms with Gasteiger partial charge in [-0.15, -0.1) is 0 Å². The monoisotopic (exact) mass is 355 g/mol. The maximum absolute atomic E-state index is 9.82. The molecule has 0 atom stereocenters. The van der Waals surface area contributed by atoms with Gasteiger partial charge in [-0.25, -0.2) is 0 Å². The minimum atomic E-state index is 0.243. The fourth-order valence-electron chi connectivity index (χ4n) is 1.59. The van der Waals surface area contributed by atoms with Crippen LogP contribution in [0.4, 0.5) is 5.69 Å². The van der Waals surface area contributed by atoms with Gasteiger partial charge in [0.05, 0.1) is 7.11 Å². The van der Waals surface area contributed by atoms with Gasteiger partial charge in [-0.05, 0) is 59.0 Å². The number of rotatable bonds is 4. The second-order valence-corrected chi connectivity index (χ2v) is 5.10. The highest BCUT2D eigenvalue weighted by Gasteiger charge is 2.02. The summed E-state index contributed by atoms with van der Waals surface area (Å²) in [6.45, 7) is 0.580. The summed E-state index contributed by atoms with van der Waals surface area (Å²) in [5.74, 6) is 0.901. The standard InChI is InChI=1S/C14H14INO2/c1-18-13-7-2-10(14(17)8-13)9-16-12-5-3-11(15)4-6-12/h2-8,16-17H,9H2,1H3. The highest BCUT2D eigenvalue weighted by molar-refractivity contribution is 14.1. The molecule has 0 saturated carbocycles. The van der Waals surface area contributed by atoms with Gasteiger partial charge in [0.1, 0.15) is 11.5 Å². The van der Waals surface area contributed by atoms with Crippen molar-refractivity contribution in [2.75, 3.05) is 12.4 Å². The number of benzene rings is 2. The van der Waals surface area contributed by atoms with Crippen LogP contribution in [0.1, 0.15) is 5.56 Å². The lowest BCUT2D eigenvalue weighted by atomic mass is 10.2. The molecule has 2 rings (SSSR count). The van der Waals surface area contributed by atoms with Gasteiger partial charge in [-0.1, -0.05) is 0 Å². The molecule has 0 spiro atoms. The quantitative estimate of drug-likeness (QED) is 0.824. The normalized spacial score (nSPS) is 10.1. The van der Waals surface area contributed by atoms with E-state index >= 15 is 0 Å². The Morgan fingerprint density at radius 2 is 1.89 bits per heavy atom. The van der Waals surface area contributed by atoms with Gasteiger partial charge in [-0.2, -0.15) is 0 Å². The number of anilines is 1. The maximum Gasteiger partial charge on any atom is 0.124 e. The van der Waals surface area contributed by atoms with E-state index in [1.807, 2.05) is 36.4 Å². The number of phenolic OH excluding ortho intramolecular Hbond substituents is 1. The maximum atomic E-state index is 9.82. The second kappa shape index (κ2) is 5.95. The first kappa shape index (κ1) is 13.0. The third kappa shape index (κ3) is 3.29. The van der Waals surface area contributed by atoms with E-state index in [2.05, 4.69) is 27.9 Å². The van der Waals surface area contributed by atoms with Crippen LogP contribution in [0.5, 0.6) is 11.5 Å². The number of aromatic hydroxyl groups is 1. The van der Waals surface area contributed by atoms with Crippen molar-refractivity contribution in [2.45, 2.75) is 6.54 Å². The van der Waals surface area contributed by atoms with Crippen LogP contribution in [0.25, 0.3) is 0 Å². The molecule has 2 N–H and O–H groups in total. The first-order valence-corrected chi connectivity index (χ1v) is 6.62. The van der Waals surface area contributed by atoms with Crippen molar-refractivity contribution in [1.29, 1.82) is 0 Å². The zero-order valence-electron chi connectivity index (χ0n) is 9.98. The molecule has 0 unspecified atom stereocenters. The Balaban J connectivity index is 2.04. The molecule has 4 heteroatoms. The summed E-state index contributed by atoms with van der Waals surface area (Å²) < 4.78 is 6.24. The summed E-state index contributed by atoms with van der Waals surface area (Å²) in [5, 5.41) is 13.1. The third-order valence-electron chi connectivity index (χ3n) is 2.62. The summed E-state index contributed by atoms with van der Waals surface area (Å²) in [6.07, 6.45) is 0. The molecule has 0 heterocycles. The summed E-state index contributed by atoms with van der Waals surface area (Å²) >= 11 is 2.27. The van der Waals surface area contributed by atoms with Crippen molar-refractivity contribution in [2.24, 2.45) is 0 Å². The third-order valence-corrected chi connectivity index (χ3v) is 3.34. The van der Waals surface area contributed by atoms with Gasteiger partial charge in [0.15, 0.2) is 0 Å². The van der Waals surface area contributed by atoms with E-state index in [4.69, 9.17) is 4.74 Å². The van der Waals surface area contributed by atoms with Gasteiger partial charge in [-0.3, -0.25) is 0 Å². The second-order valence-electron chi connectivity index (χ2n) is 3.86. The van der Waals surface area contributed by atoms with Crippen LogP contribution in [0.15, 0.2) is 42.5 Å². The summed E-state index contributed by atoms with van der Waals surface area (Å²) in [4.78, 5) is 0. The Morgan fingerprint density at radius 1 is 1.17 bits per heavy atom. The van der Waals surface area contributed by atoms with Gasteiger partial charge in [0.25, 0.3) is 0 Å². The molecule has 0 radical (unpaired) electrons. The molecular weight excluding hydrogens is 341 g/mol. The van der Waals surface area contributed by atoms with Crippen molar-refractivity contribution < 1.29 is 9.84 Å². The van der Waals surface area contributed by atoms with Gasteiger partial charge < -0.3 is 15.2 Å². The number of hydrogen-bond donors (Lipinski definition) is 2. The Hall–Kier alpha value is -1.43. The minimum absolute atomic E-state index is 0.243. The fourth-order valence-corrected chi connectivity index (χ4v) is 1.94. The average Bonchev–Trinajstić information content (AvgIpc) is 2.39. The van der Waals surface area contributed by atoms with E-state index < -0.39 is 0 Å². The van der Waals surface area contributed by atoms with E-state index in [0.717, 1.165) is 11.3 Å². The summed E-state index contributed by atoms with van der Waals surface area (Å²) in [6, 6.07) is 13.4. The molecule has 2 aromatic carbocycles. The molecule has 2 aromatic rings. The summed E-state index contributed by atoms with van der Waals surface area (Å²) in [5.41, 5.74) is 1.87. The molecule has 0 fully saturated rings. The van der Waals surface area contributed by atoms with Gasteiger partial charge >= 0.3 is 0 Å². The molecule has 0 aliphatic heterocycles. The van der Waals surface area contributed by atoms with E-state index in [-0.39, 0.29) is 5.75 Å². The highest BCUT2D eigenvalue weighted by Crippen LogP contribution is 2.24. The zero-order valence-corrected chi connectivity index (χ0v) is 12.1. The molecule has 0 bridgehead atoms. The lowest BCUT2D eigenvalue weighted by molar-refractivity contribution is 0.406. The van der Waals surface area contributed by atoms with Crippen LogP contribution in [-0.4, -0.2) is 12.2 Å². The highest BCUT2D eigenvalue weighted by atomic mass is 127. The Kier molecular flexibility index (Phi) is 4.30. The molecule has 3 nitrogen and oxygen atoms in total. The fraction of sp³-hybridized carbons (Fsp3) is 0.143. The largest absolute Gasteiger partial charge is 0.507 e. The van der Waals surface area contributed by atoms with Crippen molar-refractivity contribution in [3.05, 3.63) is 51.6 Å². The van der Waals surface area contributed by atoms with Crippen molar-refractivity contribution in [3.8, 4) is 11.5 Å². The topological polar surface area (TPSA) is 41.5 Å². The molecule has 0 amide bonds. The first-order valence-electron chi connectivity index (χ1n) is 5.54. The molecule has 94 valence electrons. The molecular formula is C14H14INO2. The van der Waals surface area contributed by atoms with Crippen LogP contribution in [0, 0.1) is 3.57 Å². The number of phenols is 1. The van der Waals surface area contributed by atoms with Crippen LogP contribution in [-0.2, 0) is 6.54 Å². The minimum Gasteiger partial charge on any atom is -0.507 e. The number of nitrogens with one attached hydrogen (secondary N) is 1. The van der Waals surface area contributed by atoms with Crippen LogP contribution in [0.2, 0.25) is 0 Å². The lowest BCUT2D eigenvalue weighted by Crippen LogP contribution is -1.99. The number of ether oxygens (including phenoxy) is 1. The van der Waals surface area contributed by atoms with E-state index in [1.165, 1.54) is 3.57 Å². The Bertz CT molecular complexity index is 526. The van der Waals surface area contributed by atoms with Crippen molar-refractivity contribution >= 4 is 28.3 Å². The predicted molar refractivity (Wildman–Crippen MR) is 81.1 cm³/mol. The first-order chi connectivity index (χ1) is 8.69. The SMILES string of the molecule is COc1ccc(CNc2ccc(I)cc2)c(O)c1. The van der Waals surface area contributed by atoms with E-state index in [0.29, 0.717) is 12.3 Å². The van der Waals surface area contributed by atoms with Crippen molar-refractivity contribution in [3.63, 3.8) is 0 Å². The van der Waals surface area contributed by atoms with Crippen LogP contribution in [0.3, 0.4) is 0 Å². The van der Waals surface area contributed by atoms with Crippen LogP contribution >= 0.6 is 22.6 Å². The smallest absolute Gasteiger partial charge is 0.124 e. The average molecular weight is 355 g/mol. The number of halogens is 1. The summed E-state index contributed by atoms with van der Waals surface area (Å²) in [7, 11) is 1.58.